The van der Waals surface area contributed by atoms with Crippen LogP contribution in [-0.2, 0) is 22.5 Å². The molecule has 0 bridgehead atoms. The fourth-order valence-electron chi connectivity index (χ4n) is 3.56. The molecule has 2 heterocycles. The Morgan fingerprint density at radius 1 is 1.00 bits per heavy atom. The van der Waals surface area contributed by atoms with Gasteiger partial charge in [-0.3, -0.25) is 4.79 Å². The highest BCUT2D eigenvalue weighted by molar-refractivity contribution is 5.77. The lowest BCUT2D eigenvalue weighted by Gasteiger charge is -2.31. The van der Waals surface area contributed by atoms with Gasteiger partial charge in [-0.05, 0) is 49.6 Å². The number of fused-ring (bicyclic) bond motifs is 1. The van der Waals surface area contributed by atoms with Crippen LogP contribution in [-0.4, -0.2) is 55.1 Å². The second-order valence-electron chi connectivity index (χ2n) is 7.44. The zero-order valence-electron chi connectivity index (χ0n) is 16.5. The molecule has 5 heteroatoms. The molecule has 2 aliphatic heterocycles. The van der Waals surface area contributed by atoms with Crippen molar-refractivity contribution in [2.75, 3.05) is 33.3 Å². The number of likely N-dealkylation sites (tertiary alicyclic amines) is 1. The van der Waals surface area contributed by atoms with Crippen molar-refractivity contribution in [2.45, 2.75) is 31.9 Å². The van der Waals surface area contributed by atoms with E-state index in [0.29, 0.717) is 0 Å². The third-order valence-corrected chi connectivity index (χ3v) is 5.32. The van der Waals surface area contributed by atoms with Gasteiger partial charge in [0.1, 0.15) is 12.4 Å². The van der Waals surface area contributed by atoms with Crippen molar-refractivity contribution in [3.05, 3.63) is 71.5 Å². The molecule has 0 saturated carbocycles. The first-order valence-corrected chi connectivity index (χ1v) is 9.97. The number of piperidine rings is 1. The predicted molar refractivity (Wildman–Crippen MR) is 108 cm³/mol. The molecule has 0 aliphatic carbocycles. The molecule has 150 valence electrons. The minimum atomic E-state index is -0.178. The molecule has 2 aliphatic rings. The molecule has 0 N–H and O–H groups in total. The largest absolute Gasteiger partial charge is 0.368 e. The Balaban J connectivity index is 0.000000271. The minimum Gasteiger partial charge on any atom is -0.368 e. The van der Waals surface area contributed by atoms with Gasteiger partial charge in [-0.2, -0.15) is 0 Å². The summed E-state index contributed by atoms with van der Waals surface area (Å²) in [6, 6.07) is 16.3. The number of hydrogen-bond donors (Lipinski definition) is 0. The van der Waals surface area contributed by atoms with E-state index < -0.39 is 0 Å². The van der Waals surface area contributed by atoms with Gasteiger partial charge in [0.25, 0.3) is 0 Å². The topological polar surface area (TPSA) is 32.8 Å². The third kappa shape index (κ3) is 6.14. The van der Waals surface area contributed by atoms with E-state index >= 15 is 0 Å². The van der Waals surface area contributed by atoms with Crippen LogP contribution in [0.4, 0.5) is 4.39 Å². The smallest absolute Gasteiger partial charge is 0.248 e. The number of halogens is 1. The van der Waals surface area contributed by atoms with Crippen molar-refractivity contribution < 1.29 is 13.9 Å². The van der Waals surface area contributed by atoms with Crippen molar-refractivity contribution >= 4 is 5.91 Å². The van der Waals surface area contributed by atoms with Crippen LogP contribution in [0.2, 0.25) is 0 Å². The van der Waals surface area contributed by atoms with Gasteiger partial charge in [-0.25, -0.2) is 4.39 Å². The van der Waals surface area contributed by atoms with Gasteiger partial charge in [-0.15, -0.1) is 0 Å². The first kappa shape index (κ1) is 20.5. The Kier molecular flexibility index (Phi) is 7.57. The van der Waals surface area contributed by atoms with Crippen LogP contribution < -0.4 is 0 Å². The number of hydrogen-bond acceptors (Lipinski definition) is 3. The maximum atomic E-state index is 12.3. The van der Waals surface area contributed by atoms with Gasteiger partial charge in [0.2, 0.25) is 5.91 Å². The number of carbonyl (C=O) groups is 1. The molecule has 0 spiro atoms. The number of nitrogens with zero attached hydrogens (tertiary/aromatic N) is 2. The Hall–Kier alpha value is -2.24. The summed E-state index contributed by atoms with van der Waals surface area (Å²) in [5, 5.41) is 0. The lowest BCUT2D eigenvalue weighted by atomic mass is 10.00. The predicted octanol–water partition coefficient (Wildman–Crippen LogP) is 3.51. The molecule has 1 fully saturated rings. The van der Waals surface area contributed by atoms with E-state index in [2.05, 4.69) is 30.1 Å². The van der Waals surface area contributed by atoms with Crippen LogP contribution in [0.15, 0.2) is 54.6 Å². The molecule has 0 atom stereocenters. The first-order valence-electron chi connectivity index (χ1n) is 9.97. The van der Waals surface area contributed by atoms with E-state index in [0.717, 1.165) is 45.4 Å². The van der Waals surface area contributed by atoms with E-state index in [4.69, 9.17) is 4.74 Å². The summed E-state index contributed by atoms with van der Waals surface area (Å²) in [4.78, 5) is 16.5. The molecule has 1 saturated heterocycles. The summed E-state index contributed by atoms with van der Waals surface area (Å²) in [5.41, 5.74) is 2.65. The molecule has 4 rings (SSSR count). The second kappa shape index (κ2) is 10.3. The van der Waals surface area contributed by atoms with Crippen LogP contribution in [0.1, 0.15) is 24.0 Å². The lowest BCUT2D eigenvalue weighted by Crippen LogP contribution is -2.40. The van der Waals surface area contributed by atoms with E-state index in [9.17, 15) is 9.18 Å². The summed E-state index contributed by atoms with van der Waals surface area (Å²) in [6.07, 6.45) is 3.28. The molecular weight excluding hydrogens is 355 g/mol. The highest BCUT2D eigenvalue weighted by Crippen LogP contribution is 2.19. The molecule has 0 radical (unpaired) electrons. The summed E-state index contributed by atoms with van der Waals surface area (Å²) < 4.78 is 17.7. The van der Waals surface area contributed by atoms with Gasteiger partial charge >= 0.3 is 0 Å². The van der Waals surface area contributed by atoms with E-state index in [1.54, 1.807) is 18.2 Å². The SMILES string of the molecule is CN1CCC(OCC(=O)N2CCc3ccccc3C2)CC1.Fc1ccccc1. The molecule has 0 aromatic heterocycles. The van der Waals surface area contributed by atoms with Crippen molar-refractivity contribution in [3.8, 4) is 0 Å². The Labute approximate surface area is 166 Å². The zero-order chi connectivity index (χ0) is 19.8. The Morgan fingerprint density at radius 3 is 2.29 bits per heavy atom. The van der Waals surface area contributed by atoms with Gasteiger partial charge < -0.3 is 14.5 Å². The monoisotopic (exact) mass is 384 g/mol. The van der Waals surface area contributed by atoms with E-state index in [-0.39, 0.29) is 24.4 Å². The van der Waals surface area contributed by atoms with Gasteiger partial charge in [0, 0.05) is 26.2 Å². The highest BCUT2D eigenvalue weighted by Gasteiger charge is 2.23. The van der Waals surface area contributed by atoms with Crippen LogP contribution in [0.5, 0.6) is 0 Å². The number of amides is 1. The number of ether oxygens (including phenoxy) is 1. The average Bonchev–Trinajstić information content (AvgIpc) is 2.74. The summed E-state index contributed by atoms with van der Waals surface area (Å²) in [7, 11) is 2.13. The van der Waals surface area contributed by atoms with Gasteiger partial charge in [-0.1, -0.05) is 42.5 Å². The number of benzene rings is 2. The van der Waals surface area contributed by atoms with E-state index in [1.807, 2.05) is 11.0 Å². The highest BCUT2D eigenvalue weighted by atomic mass is 19.1. The maximum Gasteiger partial charge on any atom is 0.248 e. The molecule has 2 aromatic carbocycles. The van der Waals surface area contributed by atoms with Gasteiger partial charge in [0.05, 0.1) is 6.10 Å². The first-order chi connectivity index (χ1) is 13.6. The maximum absolute atomic E-state index is 12.3. The molecular formula is C23H29FN2O2. The van der Waals surface area contributed by atoms with Crippen molar-refractivity contribution in [1.82, 2.24) is 9.80 Å². The van der Waals surface area contributed by atoms with Gasteiger partial charge in [0.15, 0.2) is 0 Å². The van der Waals surface area contributed by atoms with Crippen molar-refractivity contribution in [3.63, 3.8) is 0 Å². The number of carbonyl (C=O) groups excluding carboxylic acids is 1. The van der Waals surface area contributed by atoms with Crippen molar-refractivity contribution in [2.24, 2.45) is 0 Å². The average molecular weight is 384 g/mol. The van der Waals surface area contributed by atoms with E-state index in [1.165, 1.54) is 23.3 Å². The summed E-state index contributed by atoms with van der Waals surface area (Å²) in [6.45, 7) is 3.90. The van der Waals surface area contributed by atoms with Crippen molar-refractivity contribution in [1.29, 1.82) is 0 Å². The molecule has 0 unspecified atom stereocenters. The molecule has 1 amide bonds. The van der Waals surface area contributed by atoms with Crippen LogP contribution in [0.25, 0.3) is 0 Å². The normalized spacial score (nSPS) is 17.4. The number of rotatable bonds is 3. The molecule has 4 nitrogen and oxygen atoms in total. The standard InChI is InChI=1S/C17H24N2O2.C6H5F/c1-18-9-7-16(8-10-18)21-13-17(20)19-11-6-14-4-2-3-5-15(14)12-19;7-6-4-2-1-3-5-6/h2-5,16H,6-13H2,1H3;1-5H. The Morgan fingerprint density at radius 2 is 1.64 bits per heavy atom. The summed E-state index contributed by atoms with van der Waals surface area (Å²) in [5.74, 6) is -0.0501. The molecule has 28 heavy (non-hydrogen) atoms. The summed E-state index contributed by atoms with van der Waals surface area (Å²) >= 11 is 0. The zero-order valence-corrected chi connectivity index (χ0v) is 16.5. The van der Waals surface area contributed by atoms with Crippen LogP contribution in [0, 0.1) is 5.82 Å². The third-order valence-electron chi connectivity index (χ3n) is 5.32. The quantitative estimate of drug-likeness (QED) is 0.812. The van der Waals surface area contributed by atoms with Crippen LogP contribution in [0.3, 0.4) is 0 Å². The van der Waals surface area contributed by atoms with Crippen LogP contribution >= 0.6 is 0 Å². The Bertz CT molecular complexity index is 745. The molecule has 2 aromatic rings. The fourth-order valence-corrected chi connectivity index (χ4v) is 3.56. The lowest BCUT2D eigenvalue weighted by molar-refractivity contribution is -0.140. The fraction of sp³-hybridized carbons (Fsp3) is 0.435. The second-order valence-corrected chi connectivity index (χ2v) is 7.44. The minimum absolute atomic E-state index is 0.128.